The molecule has 3 saturated carbocycles. The van der Waals surface area contributed by atoms with E-state index in [4.69, 9.17) is 9.57 Å². The molecule has 11 heteroatoms. The largest absolute Gasteiger partial charge is 0.496 e. The van der Waals surface area contributed by atoms with Crippen molar-refractivity contribution >= 4 is 17.5 Å². The number of para-hydroxylation sites is 1. The van der Waals surface area contributed by atoms with Crippen molar-refractivity contribution in [3.63, 3.8) is 0 Å². The lowest BCUT2D eigenvalue weighted by molar-refractivity contribution is -0.183. The number of aliphatic hydroxyl groups is 2. The average molecular weight is 756 g/mol. The van der Waals surface area contributed by atoms with Crippen LogP contribution in [0.25, 0.3) is 11.1 Å². The van der Waals surface area contributed by atoms with Crippen LogP contribution in [0.3, 0.4) is 0 Å². The molecule has 1 saturated heterocycles. The number of nitrogens with one attached hydrogen (secondary N) is 2. The molecule has 2 bridgehead atoms. The van der Waals surface area contributed by atoms with E-state index in [-0.39, 0.29) is 42.5 Å². The molecular formula is C44H61N5O6. The topological polar surface area (TPSA) is 127 Å². The van der Waals surface area contributed by atoms with Gasteiger partial charge >= 0.3 is 0 Å². The first-order chi connectivity index (χ1) is 26.1. The summed E-state index contributed by atoms with van der Waals surface area (Å²) in [5, 5.41) is 29.6. The molecule has 9 atom stereocenters. The molecule has 2 amide bonds. The second kappa shape index (κ2) is 16.6. The second-order valence-electron chi connectivity index (χ2n) is 17.1. The predicted molar refractivity (Wildman–Crippen MR) is 216 cm³/mol. The minimum Gasteiger partial charge on any atom is -0.496 e. The van der Waals surface area contributed by atoms with Gasteiger partial charge in [0, 0.05) is 55.0 Å². The summed E-state index contributed by atoms with van der Waals surface area (Å²) in [6.07, 6.45) is 0.467. The van der Waals surface area contributed by atoms with Gasteiger partial charge in [0.15, 0.2) is 0 Å². The van der Waals surface area contributed by atoms with Gasteiger partial charge < -0.3 is 35.4 Å². The van der Waals surface area contributed by atoms with Gasteiger partial charge in [-0.1, -0.05) is 69.3 Å². The fourth-order valence-electron chi connectivity index (χ4n) is 9.51. The molecule has 3 aliphatic carbocycles. The van der Waals surface area contributed by atoms with E-state index < -0.39 is 24.2 Å². The number of hydrogen-bond donors (Lipinski definition) is 4. The Morgan fingerprint density at radius 3 is 2.36 bits per heavy atom. The van der Waals surface area contributed by atoms with E-state index in [1.807, 2.05) is 99.8 Å². The van der Waals surface area contributed by atoms with Crippen molar-refractivity contribution < 1.29 is 29.4 Å². The number of nitrogens with zero attached hydrogens (tertiary/aromatic N) is 3. The highest BCUT2D eigenvalue weighted by Crippen LogP contribution is 2.61. The number of rotatable bonds is 14. The standard InChI is InChI=1S/C44H61N5O6/c1-26-35-21-32(44(35,3)4)22-36(26)45-43(53)40-39(27(2)51)38(25-50)55-49(40)23-29-16-13-17-34(41(29)54-9)30-18-31(20-33(19-30)48(7)8)42(52)46-37(24-47(5)6)28-14-11-10-12-15-28/h10-20,26-27,32,35-40,50-51H,21-25H2,1-9H3,(H,45,53)(H,46,52)/t26-,27-,32+,35-,36+,37+,38-,39+,40-/m0/s1. The van der Waals surface area contributed by atoms with Crippen molar-refractivity contribution in [1.82, 2.24) is 20.6 Å². The van der Waals surface area contributed by atoms with Crippen molar-refractivity contribution in [2.45, 2.75) is 77.4 Å². The Kier molecular flexibility index (Phi) is 12.3. The van der Waals surface area contributed by atoms with Gasteiger partial charge in [-0.25, -0.2) is 0 Å². The molecule has 55 heavy (non-hydrogen) atoms. The Morgan fingerprint density at radius 2 is 1.76 bits per heavy atom. The Labute approximate surface area is 326 Å². The summed E-state index contributed by atoms with van der Waals surface area (Å²) in [6, 6.07) is 20.6. The fraction of sp³-hybridized carbons (Fsp3) is 0.545. The zero-order valence-corrected chi connectivity index (χ0v) is 34.0. The third-order valence-electron chi connectivity index (χ3n) is 12.8. The summed E-state index contributed by atoms with van der Waals surface area (Å²) in [6.45, 7) is 9.02. The predicted octanol–water partition coefficient (Wildman–Crippen LogP) is 5.12. The van der Waals surface area contributed by atoms with Gasteiger partial charge in [0.1, 0.15) is 17.9 Å². The van der Waals surface area contributed by atoms with Gasteiger partial charge in [-0.2, -0.15) is 5.06 Å². The monoisotopic (exact) mass is 755 g/mol. The Morgan fingerprint density at radius 1 is 1.04 bits per heavy atom. The lowest BCUT2D eigenvalue weighted by atomic mass is 9.45. The average Bonchev–Trinajstić information content (AvgIpc) is 3.53. The third kappa shape index (κ3) is 8.27. The Bertz CT molecular complexity index is 1820. The minimum atomic E-state index is -0.903. The molecule has 4 fully saturated rings. The van der Waals surface area contributed by atoms with Crippen LogP contribution in [0.1, 0.15) is 68.1 Å². The Hall–Kier alpha value is -4.00. The van der Waals surface area contributed by atoms with Crippen LogP contribution in [0, 0.1) is 29.1 Å². The van der Waals surface area contributed by atoms with E-state index >= 15 is 0 Å². The van der Waals surface area contributed by atoms with Gasteiger partial charge in [-0.05, 0) is 86.4 Å². The van der Waals surface area contributed by atoms with Crippen LogP contribution in [0.5, 0.6) is 5.75 Å². The number of methoxy groups -OCH3 is 1. The molecule has 0 unspecified atom stereocenters. The number of hydroxylamine groups is 2. The summed E-state index contributed by atoms with van der Waals surface area (Å²) >= 11 is 0. The van der Waals surface area contributed by atoms with Crippen molar-refractivity contribution in [2.75, 3.05) is 53.4 Å². The molecule has 298 valence electrons. The molecular weight excluding hydrogens is 695 g/mol. The molecule has 11 nitrogen and oxygen atoms in total. The lowest BCUT2D eigenvalue weighted by Crippen LogP contribution is -2.62. The third-order valence-corrected chi connectivity index (χ3v) is 12.8. The second-order valence-corrected chi connectivity index (χ2v) is 17.1. The van der Waals surface area contributed by atoms with Crippen LogP contribution < -0.4 is 20.3 Å². The zero-order chi connectivity index (χ0) is 39.8. The normalized spacial score (nSPS) is 26.9. The highest BCUT2D eigenvalue weighted by atomic mass is 16.7. The molecule has 3 aromatic rings. The molecule has 0 spiro atoms. The highest BCUT2D eigenvalue weighted by Gasteiger charge is 2.57. The first kappa shape index (κ1) is 40.7. The number of carbonyl (C=O) groups excluding carboxylic acids is 2. The van der Waals surface area contributed by atoms with Crippen LogP contribution in [0.2, 0.25) is 0 Å². The van der Waals surface area contributed by atoms with E-state index in [9.17, 15) is 19.8 Å². The van der Waals surface area contributed by atoms with Crippen molar-refractivity contribution in [3.8, 4) is 16.9 Å². The lowest BCUT2D eigenvalue weighted by Gasteiger charge is -2.62. The maximum Gasteiger partial charge on any atom is 0.251 e. The van der Waals surface area contributed by atoms with E-state index in [0.717, 1.165) is 34.4 Å². The molecule has 1 heterocycles. The van der Waals surface area contributed by atoms with Gasteiger partial charge in [0.25, 0.3) is 5.91 Å². The molecule has 0 radical (unpaired) electrons. The van der Waals surface area contributed by atoms with Crippen LogP contribution in [-0.4, -0.2) is 105 Å². The maximum absolute atomic E-state index is 14.3. The highest BCUT2D eigenvalue weighted by molar-refractivity contribution is 5.97. The van der Waals surface area contributed by atoms with Gasteiger partial charge in [0.05, 0.1) is 32.4 Å². The smallest absolute Gasteiger partial charge is 0.251 e. The summed E-state index contributed by atoms with van der Waals surface area (Å²) in [7, 11) is 9.47. The van der Waals surface area contributed by atoms with Crippen LogP contribution in [0.15, 0.2) is 66.7 Å². The van der Waals surface area contributed by atoms with Crippen molar-refractivity contribution in [2.24, 2.45) is 29.1 Å². The summed E-state index contributed by atoms with van der Waals surface area (Å²) in [5.41, 5.74) is 4.98. The van der Waals surface area contributed by atoms with Crippen LogP contribution >= 0.6 is 0 Å². The number of aliphatic hydroxyl groups excluding tert-OH is 2. The zero-order valence-electron chi connectivity index (χ0n) is 34.0. The first-order valence-electron chi connectivity index (χ1n) is 19.7. The first-order valence-corrected chi connectivity index (χ1v) is 19.7. The number of benzene rings is 3. The summed E-state index contributed by atoms with van der Waals surface area (Å²) in [4.78, 5) is 38.6. The van der Waals surface area contributed by atoms with Crippen molar-refractivity contribution in [3.05, 3.63) is 83.4 Å². The SMILES string of the molecule is COc1c(CN2O[C@@H](CO)[C@@H]([C@H](C)O)[C@H]2C(=O)N[C@@H]2C[C@H]3C[C@@H]([C@@H]2C)C3(C)C)cccc1-c1cc(C(=O)N[C@H](CN(C)C)c2ccccc2)cc(N(C)C)c1. The van der Waals surface area contributed by atoms with E-state index in [2.05, 4.69) is 36.3 Å². The van der Waals surface area contributed by atoms with Crippen molar-refractivity contribution in [1.29, 1.82) is 0 Å². The maximum atomic E-state index is 14.3. The molecule has 4 N–H and O–H groups in total. The summed E-state index contributed by atoms with van der Waals surface area (Å²) in [5.74, 6) is 0.990. The summed E-state index contributed by atoms with van der Waals surface area (Å²) < 4.78 is 6.10. The number of ether oxygens (including phenoxy) is 1. The number of fused-ring (bicyclic) bond motifs is 2. The number of hydrogen-bond acceptors (Lipinski definition) is 9. The molecule has 3 aromatic carbocycles. The number of carbonyl (C=O) groups is 2. The molecule has 4 aliphatic rings. The molecule has 7 rings (SSSR count). The Balaban J connectivity index is 1.30. The molecule has 1 aliphatic heterocycles. The van der Waals surface area contributed by atoms with E-state index in [1.54, 1.807) is 19.1 Å². The van der Waals surface area contributed by atoms with E-state index in [0.29, 0.717) is 35.6 Å². The van der Waals surface area contributed by atoms with Gasteiger partial charge in [-0.3, -0.25) is 14.4 Å². The fourth-order valence-corrected chi connectivity index (χ4v) is 9.51. The van der Waals surface area contributed by atoms with Crippen LogP contribution in [0.4, 0.5) is 5.69 Å². The molecule has 0 aromatic heterocycles. The quantitative estimate of drug-likeness (QED) is 0.178. The minimum absolute atomic E-state index is 0.0352. The van der Waals surface area contributed by atoms with Gasteiger partial charge in [-0.15, -0.1) is 0 Å². The number of likely N-dealkylation sites (N-methyl/N-ethyl adjacent to an activating group) is 1. The number of anilines is 1. The van der Waals surface area contributed by atoms with E-state index in [1.165, 1.54) is 6.42 Å². The van der Waals surface area contributed by atoms with Crippen LogP contribution in [-0.2, 0) is 16.2 Å². The number of amides is 2. The van der Waals surface area contributed by atoms with Gasteiger partial charge in [0.2, 0.25) is 5.91 Å².